The van der Waals surface area contributed by atoms with Crippen molar-refractivity contribution < 1.29 is 9.21 Å². The van der Waals surface area contributed by atoms with Crippen molar-refractivity contribution in [2.45, 2.75) is 13.3 Å². The van der Waals surface area contributed by atoms with Crippen molar-refractivity contribution in [1.29, 1.82) is 0 Å². The number of aryl methyl sites for hydroxylation is 1. The molecule has 0 aromatic carbocycles. The maximum Gasteiger partial charge on any atom is 0.228 e. The third-order valence-electron chi connectivity index (χ3n) is 4.73. The van der Waals surface area contributed by atoms with Crippen molar-refractivity contribution in [2.24, 2.45) is 0 Å². The van der Waals surface area contributed by atoms with Crippen LogP contribution in [0.2, 0.25) is 0 Å². The van der Waals surface area contributed by atoms with Crippen LogP contribution in [0.3, 0.4) is 0 Å². The van der Waals surface area contributed by atoms with Gasteiger partial charge in [-0.25, -0.2) is 9.97 Å². The Morgan fingerprint density at radius 1 is 1.11 bits per heavy atom. The van der Waals surface area contributed by atoms with E-state index in [0.717, 1.165) is 24.5 Å². The molecule has 1 fully saturated rings. The molecule has 1 aliphatic heterocycles. The Morgan fingerprint density at radius 3 is 2.67 bits per heavy atom. The van der Waals surface area contributed by atoms with Gasteiger partial charge in [0.05, 0.1) is 17.7 Å². The van der Waals surface area contributed by atoms with E-state index in [4.69, 9.17) is 4.42 Å². The molecular weight excluding hydrogens is 342 g/mol. The summed E-state index contributed by atoms with van der Waals surface area (Å²) in [4.78, 5) is 29.8. The zero-order chi connectivity index (χ0) is 18.6. The van der Waals surface area contributed by atoms with Gasteiger partial charge in [0.25, 0.3) is 0 Å². The maximum atomic E-state index is 12.7. The number of pyridine rings is 2. The van der Waals surface area contributed by atoms with Crippen LogP contribution in [0.1, 0.15) is 11.5 Å². The molecule has 0 N–H and O–H groups in total. The minimum absolute atomic E-state index is 0.0739. The molecule has 1 saturated heterocycles. The summed E-state index contributed by atoms with van der Waals surface area (Å²) in [5, 5.41) is 0. The number of nitrogens with zero attached hydrogens (tertiary/aromatic N) is 5. The third-order valence-corrected chi connectivity index (χ3v) is 4.73. The molecule has 0 bridgehead atoms. The molecule has 0 atom stereocenters. The van der Waals surface area contributed by atoms with Crippen LogP contribution in [0, 0.1) is 6.92 Å². The summed E-state index contributed by atoms with van der Waals surface area (Å²) in [7, 11) is 0. The van der Waals surface area contributed by atoms with Crippen molar-refractivity contribution in [3.05, 3.63) is 60.4 Å². The van der Waals surface area contributed by atoms with Crippen molar-refractivity contribution in [1.82, 2.24) is 19.9 Å². The van der Waals surface area contributed by atoms with Crippen LogP contribution in [-0.2, 0) is 11.2 Å². The molecule has 0 unspecified atom stereocenters. The average Bonchev–Trinajstić information content (AvgIpc) is 3.10. The molecule has 3 aromatic rings. The molecule has 7 nitrogen and oxygen atoms in total. The lowest BCUT2D eigenvalue weighted by molar-refractivity contribution is -0.130. The Kier molecular flexibility index (Phi) is 4.82. The SMILES string of the molecule is Cc1oc(-c2cccnc2)nc1CC(=O)N1CCN(c2ccccn2)CC1. The standard InChI is InChI=1S/C20H21N5O2/c1-15-17(23-20(27-15)16-5-4-7-21-14-16)13-19(26)25-11-9-24(10-12-25)18-6-2-3-8-22-18/h2-8,14H,9-13H2,1H3. The minimum Gasteiger partial charge on any atom is -0.441 e. The fourth-order valence-corrected chi connectivity index (χ4v) is 3.19. The van der Waals surface area contributed by atoms with E-state index in [1.165, 1.54) is 0 Å². The highest BCUT2D eigenvalue weighted by molar-refractivity contribution is 5.79. The Hall–Kier alpha value is -3.22. The summed E-state index contributed by atoms with van der Waals surface area (Å²) in [6.07, 6.45) is 5.45. The summed E-state index contributed by atoms with van der Waals surface area (Å²) in [5.41, 5.74) is 1.49. The molecule has 4 rings (SSSR count). The molecule has 4 heterocycles. The summed E-state index contributed by atoms with van der Waals surface area (Å²) in [5.74, 6) is 2.21. The van der Waals surface area contributed by atoms with Gasteiger partial charge in [0, 0.05) is 44.8 Å². The van der Waals surface area contributed by atoms with Gasteiger partial charge in [-0.05, 0) is 31.2 Å². The molecule has 0 saturated carbocycles. The monoisotopic (exact) mass is 363 g/mol. The third kappa shape index (κ3) is 3.81. The Morgan fingerprint density at radius 2 is 1.96 bits per heavy atom. The highest BCUT2D eigenvalue weighted by Gasteiger charge is 2.24. The number of oxazole rings is 1. The van der Waals surface area contributed by atoms with Crippen LogP contribution in [0.25, 0.3) is 11.5 Å². The molecule has 0 radical (unpaired) electrons. The Labute approximate surface area is 157 Å². The first-order valence-electron chi connectivity index (χ1n) is 9.01. The van der Waals surface area contributed by atoms with Crippen molar-refractivity contribution in [3.8, 4) is 11.5 Å². The number of hydrogen-bond acceptors (Lipinski definition) is 6. The lowest BCUT2D eigenvalue weighted by Gasteiger charge is -2.35. The number of hydrogen-bond donors (Lipinski definition) is 0. The highest BCUT2D eigenvalue weighted by Crippen LogP contribution is 2.21. The molecule has 0 aliphatic carbocycles. The number of carbonyl (C=O) groups is 1. The molecule has 1 amide bonds. The second kappa shape index (κ2) is 7.57. The molecule has 138 valence electrons. The summed E-state index contributed by atoms with van der Waals surface area (Å²) < 4.78 is 5.73. The van der Waals surface area contributed by atoms with Crippen LogP contribution >= 0.6 is 0 Å². The fourth-order valence-electron chi connectivity index (χ4n) is 3.19. The Balaban J connectivity index is 1.38. The van der Waals surface area contributed by atoms with Crippen molar-refractivity contribution in [3.63, 3.8) is 0 Å². The smallest absolute Gasteiger partial charge is 0.228 e. The van der Waals surface area contributed by atoms with Gasteiger partial charge in [-0.2, -0.15) is 0 Å². The number of piperazine rings is 1. The van der Waals surface area contributed by atoms with Gasteiger partial charge in [0.15, 0.2) is 0 Å². The van der Waals surface area contributed by atoms with E-state index in [1.807, 2.05) is 42.2 Å². The predicted octanol–water partition coefficient (Wildman–Crippen LogP) is 2.33. The number of amides is 1. The van der Waals surface area contributed by atoms with Crippen LogP contribution in [0.5, 0.6) is 0 Å². The molecule has 0 spiro atoms. The van der Waals surface area contributed by atoms with E-state index in [0.29, 0.717) is 30.4 Å². The second-order valence-corrected chi connectivity index (χ2v) is 6.50. The molecule has 3 aromatic heterocycles. The zero-order valence-electron chi connectivity index (χ0n) is 15.2. The van der Waals surface area contributed by atoms with E-state index >= 15 is 0 Å². The molecule has 7 heteroatoms. The van der Waals surface area contributed by atoms with Gasteiger partial charge in [-0.3, -0.25) is 9.78 Å². The molecule has 27 heavy (non-hydrogen) atoms. The largest absolute Gasteiger partial charge is 0.441 e. The first kappa shape index (κ1) is 17.2. The van der Waals surface area contributed by atoms with Gasteiger partial charge >= 0.3 is 0 Å². The van der Waals surface area contributed by atoms with Gasteiger partial charge < -0.3 is 14.2 Å². The van der Waals surface area contributed by atoms with Crippen LogP contribution in [0.4, 0.5) is 5.82 Å². The summed E-state index contributed by atoms with van der Waals surface area (Å²) >= 11 is 0. The van der Waals surface area contributed by atoms with Crippen LogP contribution < -0.4 is 4.90 Å². The quantitative estimate of drug-likeness (QED) is 0.708. The normalized spacial score (nSPS) is 14.4. The van der Waals surface area contributed by atoms with Gasteiger partial charge in [-0.15, -0.1) is 0 Å². The number of carbonyl (C=O) groups excluding carboxylic acids is 1. The van der Waals surface area contributed by atoms with Gasteiger partial charge in [0.1, 0.15) is 11.6 Å². The minimum atomic E-state index is 0.0739. The topological polar surface area (TPSA) is 75.4 Å². The van der Waals surface area contributed by atoms with Crippen LogP contribution in [-0.4, -0.2) is 51.9 Å². The van der Waals surface area contributed by atoms with Gasteiger partial charge in [0.2, 0.25) is 11.8 Å². The Bertz CT molecular complexity index is 903. The number of anilines is 1. The number of aromatic nitrogens is 3. The van der Waals surface area contributed by atoms with Crippen LogP contribution in [0.15, 0.2) is 53.3 Å². The first-order chi connectivity index (χ1) is 13.2. The highest BCUT2D eigenvalue weighted by atomic mass is 16.4. The van der Waals surface area contributed by atoms with E-state index in [-0.39, 0.29) is 12.3 Å². The zero-order valence-corrected chi connectivity index (χ0v) is 15.2. The maximum absolute atomic E-state index is 12.7. The van der Waals surface area contributed by atoms with E-state index < -0.39 is 0 Å². The van der Waals surface area contributed by atoms with Crippen molar-refractivity contribution >= 4 is 11.7 Å². The molecular formula is C20H21N5O2. The first-order valence-corrected chi connectivity index (χ1v) is 9.01. The average molecular weight is 363 g/mol. The van der Waals surface area contributed by atoms with E-state index in [9.17, 15) is 4.79 Å². The van der Waals surface area contributed by atoms with E-state index in [1.54, 1.807) is 18.6 Å². The van der Waals surface area contributed by atoms with Crippen molar-refractivity contribution in [2.75, 3.05) is 31.1 Å². The summed E-state index contributed by atoms with van der Waals surface area (Å²) in [6, 6.07) is 9.61. The second-order valence-electron chi connectivity index (χ2n) is 6.50. The molecule has 1 aliphatic rings. The van der Waals surface area contributed by atoms with E-state index in [2.05, 4.69) is 19.9 Å². The fraction of sp³-hybridized carbons (Fsp3) is 0.300. The lowest BCUT2D eigenvalue weighted by Crippen LogP contribution is -2.49. The van der Waals surface area contributed by atoms with Gasteiger partial charge in [-0.1, -0.05) is 6.07 Å². The summed E-state index contributed by atoms with van der Waals surface area (Å²) in [6.45, 7) is 4.76. The number of rotatable bonds is 4. The predicted molar refractivity (Wildman–Crippen MR) is 101 cm³/mol. The lowest BCUT2D eigenvalue weighted by atomic mass is 10.2.